The van der Waals surface area contributed by atoms with Crippen LogP contribution in [-0.2, 0) is 4.79 Å². The molecule has 59 heavy (non-hydrogen) atoms. The molecular formula is C55H107NO3. The minimum absolute atomic E-state index is 0.0314. The van der Waals surface area contributed by atoms with Gasteiger partial charge in [0.15, 0.2) is 0 Å². The maximum atomic E-state index is 12.3. The summed E-state index contributed by atoms with van der Waals surface area (Å²) in [6.45, 7) is 4.31. The molecule has 0 fully saturated rings. The minimum Gasteiger partial charge on any atom is -0.394 e. The fourth-order valence-corrected chi connectivity index (χ4v) is 8.57. The average molecular weight is 830 g/mol. The zero-order valence-corrected chi connectivity index (χ0v) is 40.3. The number of aliphatic hydroxyl groups is 2. The van der Waals surface area contributed by atoms with Crippen LogP contribution in [0.15, 0.2) is 24.3 Å². The smallest absolute Gasteiger partial charge is 0.220 e. The van der Waals surface area contributed by atoms with Crippen molar-refractivity contribution in [2.75, 3.05) is 6.61 Å². The molecule has 0 aliphatic heterocycles. The van der Waals surface area contributed by atoms with E-state index >= 15 is 0 Å². The van der Waals surface area contributed by atoms with Crippen molar-refractivity contribution in [3.63, 3.8) is 0 Å². The summed E-state index contributed by atoms with van der Waals surface area (Å²) in [6.07, 6.45) is 67.8. The van der Waals surface area contributed by atoms with Crippen LogP contribution in [0, 0.1) is 0 Å². The van der Waals surface area contributed by atoms with Gasteiger partial charge in [0.1, 0.15) is 0 Å². The third-order valence-corrected chi connectivity index (χ3v) is 12.7. The average Bonchev–Trinajstić information content (AvgIpc) is 3.24. The molecule has 0 aliphatic rings. The summed E-state index contributed by atoms with van der Waals surface area (Å²) < 4.78 is 0. The molecule has 0 aliphatic carbocycles. The van der Waals surface area contributed by atoms with E-state index in [9.17, 15) is 15.0 Å². The predicted octanol–water partition coefficient (Wildman–Crippen LogP) is 17.5. The van der Waals surface area contributed by atoms with Gasteiger partial charge in [-0.05, 0) is 44.9 Å². The summed E-state index contributed by atoms with van der Waals surface area (Å²) in [4.78, 5) is 12.3. The van der Waals surface area contributed by atoms with E-state index in [1.54, 1.807) is 0 Å². The SMILES string of the molecule is CCCCCCC/C=C\C/C=C\CCCCCCCCCCCCCCCCCCCCCCCCCCCCCCCC(=O)NC(CO)C(O)CCCCCCCC. The largest absolute Gasteiger partial charge is 0.394 e. The Labute approximate surface area is 370 Å². The lowest BCUT2D eigenvalue weighted by Gasteiger charge is -2.22. The molecule has 4 nitrogen and oxygen atoms in total. The molecule has 2 atom stereocenters. The van der Waals surface area contributed by atoms with Crippen molar-refractivity contribution in [3.8, 4) is 0 Å². The highest BCUT2D eigenvalue weighted by molar-refractivity contribution is 5.76. The second kappa shape index (κ2) is 51.2. The van der Waals surface area contributed by atoms with E-state index in [1.165, 1.54) is 244 Å². The van der Waals surface area contributed by atoms with E-state index in [0.717, 1.165) is 32.1 Å². The molecule has 0 saturated carbocycles. The van der Waals surface area contributed by atoms with Gasteiger partial charge >= 0.3 is 0 Å². The van der Waals surface area contributed by atoms with Gasteiger partial charge in [0.05, 0.1) is 18.8 Å². The van der Waals surface area contributed by atoms with Crippen LogP contribution in [0.3, 0.4) is 0 Å². The number of aliphatic hydroxyl groups excluding tert-OH is 2. The van der Waals surface area contributed by atoms with Gasteiger partial charge in [-0.1, -0.05) is 276 Å². The standard InChI is InChI=1S/C55H107NO3/c1-3-5-7-9-11-12-13-14-15-16-17-18-19-20-21-22-23-24-25-26-27-28-29-30-31-32-33-34-35-36-37-38-39-40-41-42-43-44-45-47-49-51-55(59)56-53(52-57)54(58)50-48-46-10-8-6-4-2/h13-14,16-17,53-54,57-58H,3-12,15,18-52H2,1-2H3,(H,56,59)/b14-13-,17-16-. The maximum Gasteiger partial charge on any atom is 0.220 e. The molecule has 0 radical (unpaired) electrons. The summed E-state index contributed by atoms with van der Waals surface area (Å²) in [6, 6.07) is -0.529. The van der Waals surface area contributed by atoms with Crippen LogP contribution in [0.2, 0.25) is 0 Å². The molecule has 0 aromatic heterocycles. The second-order valence-corrected chi connectivity index (χ2v) is 18.7. The number of carbonyl (C=O) groups excluding carboxylic acids is 1. The normalized spacial score (nSPS) is 12.9. The second-order valence-electron chi connectivity index (χ2n) is 18.7. The highest BCUT2D eigenvalue weighted by atomic mass is 16.3. The summed E-state index contributed by atoms with van der Waals surface area (Å²) in [5.41, 5.74) is 0. The number of nitrogens with one attached hydrogen (secondary N) is 1. The first kappa shape index (κ1) is 57.9. The minimum atomic E-state index is -0.652. The Kier molecular flexibility index (Phi) is 50.2. The number of hydrogen-bond acceptors (Lipinski definition) is 3. The van der Waals surface area contributed by atoms with Gasteiger partial charge < -0.3 is 15.5 Å². The van der Waals surface area contributed by atoms with Crippen molar-refractivity contribution >= 4 is 5.91 Å². The molecule has 0 spiro atoms. The Bertz CT molecular complexity index is 855. The number of allylic oxidation sites excluding steroid dienone is 4. The first-order valence-corrected chi connectivity index (χ1v) is 27.0. The van der Waals surface area contributed by atoms with Crippen LogP contribution in [0.25, 0.3) is 0 Å². The van der Waals surface area contributed by atoms with E-state index in [0.29, 0.717) is 12.8 Å². The quantitative estimate of drug-likeness (QED) is 0.0422. The van der Waals surface area contributed by atoms with Crippen molar-refractivity contribution in [1.82, 2.24) is 5.32 Å². The molecular weight excluding hydrogens is 723 g/mol. The number of unbranched alkanes of at least 4 members (excludes halogenated alkanes) is 39. The third-order valence-electron chi connectivity index (χ3n) is 12.7. The van der Waals surface area contributed by atoms with Crippen LogP contribution >= 0.6 is 0 Å². The van der Waals surface area contributed by atoms with Gasteiger partial charge in [0.2, 0.25) is 5.91 Å². The zero-order valence-electron chi connectivity index (χ0n) is 40.3. The summed E-state index contributed by atoms with van der Waals surface area (Å²) in [5, 5.41) is 22.9. The van der Waals surface area contributed by atoms with Crippen LogP contribution < -0.4 is 5.32 Å². The Balaban J connectivity index is 3.27. The highest BCUT2D eigenvalue weighted by Crippen LogP contribution is 2.17. The van der Waals surface area contributed by atoms with Crippen LogP contribution in [0.5, 0.6) is 0 Å². The van der Waals surface area contributed by atoms with Gasteiger partial charge in [0, 0.05) is 6.42 Å². The van der Waals surface area contributed by atoms with Crippen LogP contribution in [0.4, 0.5) is 0 Å². The molecule has 0 rings (SSSR count). The molecule has 0 saturated heterocycles. The Morgan fingerprint density at radius 2 is 0.695 bits per heavy atom. The van der Waals surface area contributed by atoms with Gasteiger partial charge in [-0.25, -0.2) is 0 Å². The first-order valence-electron chi connectivity index (χ1n) is 27.0. The lowest BCUT2D eigenvalue weighted by atomic mass is 10.0. The van der Waals surface area contributed by atoms with Crippen molar-refractivity contribution in [1.29, 1.82) is 0 Å². The van der Waals surface area contributed by atoms with E-state index in [-0.39, 0.29) is 12.5 Å². The molecule has 1 amide bonds. The van der Waals surface area contributed by atoms with Crippen molar-refractivity contribution < 1.29 is 15.0 Å². The zero-order chi connectivity index (χ0) is 42.8. The van der Waals surface area contributed by atoms with Gasteiger partial charge in [-0.3, -0.25) is 4.79 Å². The molecule has 4 heteroatoms. The predicted molar refractivity (Wildman–Crippen MR) is 262 cm³/mol. The number of amides is 1. The molecule has 2 unspecified atom stereocenters. The molecule has 0 bridgehead atoms. The molecule has 0 heterocycles. The van der Waals surface area contributed by atoms with Crippen LogP contribution in [-0.4, -0.2) is 34.9 Å². The van der Waals surface area contributed by atoms with E-state index < -0.39 is 12.1 Å². The fraction of sp³-hybridized carbons (Fsp3) is 0.909. The Morgan fingerprint density at radius 1 is 0.407 bits per heavy atom. The summed E-state index contributed by atoms with van der Waals surface area (Å²) >= 11 is 0. The number of rotatable bonds is 50. The molecule has 0 aromatic carbocycles. The topological polar surface area (TPSA) is 69.6 Å². The van der Waals surface area contributed by atoms with E-state index in [1.807, 2.05) is 0 Å². The van der Waals surface area contributed by atoms with E-state index in [2.05, 4.69) is 43.5 Å². The monoisotopic (exact) mass is 830 g/mol. The van der Waals surface area contributed by atoms with E-state index in [4.69, 9.17) is 0 Å². The Hall–Kier alpha value is -1.13. The Morgan fingerprint density at radius 3 is 1.02 bits per heavy atom. The maximum absolute atomic E-state index is 12.3. The lowest BCUT2D eigenvalue weighted by molar-refractivity contribution is -0.123. The fourth-order valence-electron chi connectivity index (χ4n) is 8.57. The van der Waals surface area contributed by atoms with Gasteiger partial charge in [-0.2, -0.15) is 0 Å². The number of carbonyl (C=O) groups is 1. The molecule has 3 N–H and O–H groups in total. The van der Waals surface area contributed by atoms with Crippen molar-refractivity contribution in [2.45, 2.75) is 315 Å². The lowest BCUT2D eigenvalue weighted by Crippen LogP contribution is -2.45. The third kappa shape index (κ3) is 47.8. The molecule has 350 valence electrons. The van der Waals surface area contributed by atoms with Gasteiger partial charge in [0.25, 0.3) is 0 Å². The summed E-state index contributed by atoms with van der Waals surface area (Å²) in [5.74, 6) is -0.0314. The van der Waals surface area contributed by atoms with Crippen molar-refractivity contribution in [3.05, 3.63) is 24.3 Å². The van der Waals surface area contributed by atoms with Crippen molar-refractivity contribution in [2.24, 2.45) is 0 Å². The van der Waals surface area contributed by atoms with Gasteiger partial charge in [-0.15, -0.1) is 0 Å². The summed E-state index contributed by atoms with van der Waals surface area (Å²) in [7, 11) is 0. The highest BCUT2D eigenvalue weighted by Gasteiger charge is 2.20. The number of hydrogen-bond donors (Lipinski definition) is 3. The molecule has 0 aromatic rings. The first-order chi connectivity index (χ1) is 29.2. The van der Waals surface area contributed by atoms with Crippen LogP contribution in [0.1, 0.15) is 303 Å².